The van der Waals surface area contributed by atoms with Crippen molar-refractivity contribution in [1.82, 2.24) is 0 Å². The third-order valence-corrected chi connectivity index (χ3v) is 4.90. The number of nitrogens with one attached hydrogen (secondary N) is 1. The van der Waals surface area contributed by atoms with E-state index in [0.29, 0.717) is 12.0 Å². The van der Waals surface area contributed by atoms with Crippen LogP contribution in [0.25, 0.3) is 0 Å². The van der Waals surface area contributed by atoms with Crippen LogP contribution in [0.15, 0.2) is 30.3 Å². The number of anilines is 2. The number of carbonyl (C=O) groups is 2. The molecule has 2 aromatic rings. The average Bonchev–Trinajstić information content (AvgIpc) is 2.88. The molecule has 2 aliphatic heterocycles. The standard InChI is InChI=1S/C20H20N2O2/c1-12-5-6-17(13(2)8-12)21-20(24)16-9-14-4-3-7-22-18(23)11-15(10-16)19(14)22/h5-6,8-10H,3-4,7,11H2,1-2H3,(H,21,24). The Morgan fingerprint density at radius 3 is 2.71 bits per heavy atom. The molecule has 0 saturated heterocycles. The maximum absolute atomic E-state index is 12.7. The molecule has 0 atom stereocenters. The van der Waals surface area contributed by atoms with Gasteiger partial charge in [-0.25, -0.2) is 0 Å². The zero-order valence-corrected chi connectivity index (χ0v) is 14.0. The van der Waals surface area contributed by atoms with E-state index in [-0.39, 0.29) is 11.8 Å². The second-order valence-electron chi connectivity index (χ2n) is 6.74. The molecular formula is C20H20N2O2. The van der Waals surface area contributed by atoms with Crippen molar-refractivity contribution in [2.75, 3.05) is 16.8 Å². The summed E-state index contributed by atoms with van der Waals surface area (Å²) in [5.74, 6) is 0.0374. The van der Waals surface area contributed by atoms with Crippen LogP contribution < -0.4 is 10.2 Å². The SMILES string of the molecule is Cc1ccc(NC(=O)c2cc3c4c(c2)CC(=O)N4CCC3)c(C)c1. The minimum Gasteiger partial charge on any atom is -0.322 e. The summed E-state index contributed by atoms with van der Waals surface area (Å²) >= 11 is 0. The number of aryl methyl sites for hydroxylation is 3. The molecule has 0 radical (unpaired) electrons. The molecule has 2 heterocycles. The van der Waals surface area contributed by atoms with Gasteiger partial charge in [0.15, 0.2) is 0 Å². The van der Waals surface area contributed by atoms with Gasteiger partial charge >= 0.3 is 0 Å². The van der Waals surface area contributed by atoms with Crippen LogP contribution >= 0.6 is 0 Å². The lowest BCUT2D eigenvalue weighted by Gasteiger charge is -2.25. The van der Waals surface area contributed by atoms with Gasteiger partial charge in [-0.15, -0.1) is 0 Å². The van der Waals surface area contributed by atoms with Crippen LogP contribution in [0.5, 0.6) is 0 Å². The van der Waals surface area contributed by atoms with E-state index in [2.05, 4.69) is 11.4 Å². The van der Waals surface area contributed by atoms with Crippen LogP contribution in [0.2, 0.25) is 0 Å². The van der Waals surface area contributed by atoms with Gasteiger partial charge in [0.2, 0.25) is 5.91 Å². The summed E-state index contributed by atoms with van der Waals surface area (Å²) in [7, 11) is 0. The molecule has 0 spiro atoms. The predicted molar refractivity (Wildman–Crippen MR) is 94.7 cm³/mol. The molecule has 4 nitrogen and oxygen atoms in total. The van der Waals surface area contributed by atoms with Gasteiger partial charge in [-0.05, 0) is 61.6 Å². The highest BCUT2D eigenvalue weighted by Gasteiger charge is 2.32. The first-order valence-electron chi connectivity index (χ1n) is 8.38. The van der Waals surface area contributed by atoms with Crippen LogP contribution in [-0.4, -0.2) is 18.4 Å². The molecule has 122 valence electrons. The first kappa shape index (κ1) is 14.9. The van der Waals surface area contributed by atoms with Crippen LogP contribution in [0.1, 0.15) is 39.0 Å². The molecule has 24 heavy (non-hydrogen) atoms. The monoisotopic (exact) mass is 320 g/mol. The van der Waals surface area contributed by atoms with E-state index in [1.54, 1.807) is 0 Å². The van der Waals surface area contributed by atoms with Crippen molar-refractivity contribution < 1.29 is 9.59 Å². The van der Waals surface area contributed by atoms with E-state index in [1.165, 1.54) is 5.56 Å². The lowest BCUT2D eigenvalue weighted by molar-refractivity contribution is -0.117. The summed E-state index contributed by atoms with van der Waals surface area (Å²) in [4.78, 5) is 26.7. The van der Waals surface area contributed by atoms with Crippen LogP contribution in [0.3, 0.4) is 0 Å². The van der Waals surface area contributed by atoms with Gasteiger partial charge in [-0.2, -0.15) is 0 Å². The van der Waals surface area contributed by atoms with Crippen LogP contribution in [0.4, 0.5) is 11.4 Å². The zero-order valence-electron chi connectivity index (χ0n) is 14.0. The van der Waals surface area contributed by atoms with E-state index >= 15 is 0 Å². The van der Waals surface area contributed by atoms with Crippen LogP contribution in [0, 0.1) is 13.8 Å². The van der Waals surface area contributed by atoms with Gasteiger partial charge in [0.25, 0.3) is 5.91 Å². The number of amides is 2. The van der Waals surface area contributed by atoms with Crippen molar-refractivity contribution in [3.63, 3.8) is 0 Å². The van der Waals surface area contributed by atoms with E-state index in [1.807, 2.05) is 43.0 Å². The fraction of sp³-hybridized carbons (Fsp3) is 0.300. The van der Waals surface area contributed by atoms with Gasteiger partial charge in [0.05, 0.1) is 12.1 Å². The summed E-state index contributed by atoms with van der Waals surface area (Å²) in [5.41, 5.74) is 6.85. The van der Waals surface area contributed by atoms with Crippen molar-refractivity contribution >= 4 is 23.2 Å². The lowest BCUT2D eigenvalue weighted by Crippen LogP contribution is -2.31. The fourth-order valence-electron chi connectivity index (χ4n) is 3.76. The number of carbonyl (C=O) groups excluding carboxylic acids is 2. The Balaban J connectivity index is 1.67. The summed E-state index contributed by atoms with van der Waals surface area (Å²) in [6, 6.07) is 9.80. The highest BCUT2D eigenvalue weighted by Crippen LogP contribution is 2.37. The smallest absolute Gasteiger partial charge is 0.255 e. The number of hydrogen-bond donors (Lipinski definition) is 1. The van der Waals surface area contributed by atoms with Crippen molar-refractivity contribution in [3.8, 4) is 0 Å². The molecule has 0 aromatic heterocycles. The Bertz CT molecular complexity index is 870. The van der Waals surface area contributed by atoms with Gasteiger partial charge in [0, 0.05) is 17.8 Å². The maximum atomic E-state index is 12.7. The number of nitrogens with zero attached hydrogens (tertiary/aromatic N) is 1. The summed E-state index contributed by atoms with van der Waals surface area (Å²) in [5, 5.41) is 3.00. The van der Waals surface area contributed by atoms with Crippen molar-refractivity contribution in [2.24, 2.45) is 0 Å². The third kappa shape index (κ3) is 2.39. The molecule has 0 saturated carbocycles. The number of rotatable bonds is 2. The molecule has 0 unspecified atom stereocenters. The highest BCUT2D eigenvalue weighted by molar-refractivity contribution is 6.08. The molecule has 0 aliphatic carbocycles. The van der Waals surface area contributed by atoms with Crippen molar-refractivity contribution in [2.45, 2.75) is 33.1 Å². The maximum Gasteiger partial charge on any atom is 0.255 e. The van der Waals surface area contributed by atoms with E-state index in [9.17, 15) is 9.59 Å². The first-order valence-corrected chi connectivity index (χ1v) is 8.38. The number of hydrogen-bond acceptors (Lipinski definition) is 2. The molecule has 4 rings (SSSR count). The van der Waals surface area contributed by atoms with Gasteiger partial charge in [-0.1, -0.05) is 17.7 Å². The number of benzene rings is 2. The fourth-order valence-corrected chi connectivity index (χ4v) is 3.76. The summed E-state index contributed by atoms with van der Waals surface area (Å²) in [6.07, 6.45) is 2.30. The minimum absolute atomic E-state index is 0.113. The zero-order chi connectivity index (χ0) is 16.8. The molecule has 0 fully saturated rings. The van der Waals surface area contributed by atoms with Crippen molar-refractivity contribution in [3.05, 3.63) is 58.1 Å². The van der Waals surface area contributed by atoms with Crippen LogP contribution in [-0.2, 0) is 17.6 Å². The van der Waals surface area contributed by atoms with E-state index in [0.717, 1.165) is 47.5 Å². The molecule has 2 aromatic carbocycles. The molecule has 2 aliphatic rings. The molecular weight excluding hydrogens is 300 g/mol. The first-order chi connectivity index (χ1) is 11.5. The van der Waals surface area contributed by atoms with E-state index in [4.69, 9.17) is 0 Å². The second-order valence-corrected chi connectivity index (χ2v) is 6.74. The van der Waals surface area contributed by atoms with Gasteiger partial charge < -0.3 is 10.2 Å². The second kappa shape index (κ2) is 5.48. The Morgan fingerprint density at radius 1 is 1.12 bits per heavy atom. The lowest BCUT2D eigenvalue weighted by atomic mass is 9.96. The highest BCUT2D eigenvalue weighted by atomic mass is 16.2. The molecule has 4 heteroatoms. The average molecular weight is 320 g/mol. The Morgan fingerprint density at radius 2 is 1.92 bits per heavy atom. The predicted octanol–water partition coefficient (Wildman–Crippen LogP) is 3.39. The normalized spacial score (nSPS) is 15.4. The third-order valence-electron chi connectivity index (χ3n) is 4.90. The van der Waals surface area contributed by atoms with Gasteiger partial charge in [-0.3, -0.25) is 9.59 Å². The Kier molecular flexibility index (Phi) is 3.41. The summed E-state index contributed by atoms with van der Waals surface area (Å²) in [6.45, 7) is 4.82. The largest absolute Gasteiger partial charge is 0.322 e. The molecule has 0 bridgehead atoms. The summed E-state index contributed by atoms with van der Waals surface area (Å²) < 4.78 is 0. The van der Waals surface area contributed by atoms with Gasteiger partial charge in [0.1, 0.15) is 0 Å². The Labute approximate surface area is 141 Å². The topological polar surface area (TPSA) is 49.4 Å². The molecule has 1 N–H and O–H groups in total. The minimum atomic E-state index is -0.113. The van der Waals surface area contributed by atoms with Crippen molar-refractivity contribution in [1.29, 1.82) is 0 Å². The molecule has 2 amide bonds. The van der Waals surface area contributed by atoms with E-state index < -0.39 is 0 Å². The Hall–Kier alpha value is -2.62. The quantitative estimate of drug-likeness (QED) is 0.922.